The number of imidazole rings is 1. The third-order valence-corrected chi connectivity index (χ3v) is 6.67. The number of nitrogens with one attached hydrogen (secondary N) is 2. The van der Waals surface area contributed by atoms with Gasteiger partial charge in [0.15, 0.2) is 9.84 Å². The fraction of sp³-hybridized carbons (Fsp3) is 0.316. The van der Waals surface area contributed by atoms with E-state index in [0.717, 1.165) is 21.7 Å². The molecule has 0 spiro atoms. The highest BCUT2D eigenvalue weighted by Gasteiger charge is 2.27. The van der Waals surface area contributed by atoms with Crippen molar-refractivity contribution in [1.29, 1.82) is 0 Å². The van der Waals surface area contributed by atoms with Crippen LogP contribution in [0.1, 0.15) is 21.9 Å². The van der Waals surface area contributed by atoms with E-state index in [0.29, 0.717) is 31.3 Å². The summed E-state index contributed by atoms with van der Waals surface area (Å²) in [5.41, 5.74) is 2.51. The molecule has 1 amide bonds. The second-order valence-electron chi connectivity index (χ2n) is 7.04. The van der Waals surface area contributed by atoms with Crippen LogP contribution in [0.5, 0.6) is 0 Å². The Morgan fingerprint density at radius 2 is 2.00 bits per heavy atom. The fourth-order valence-corrected chi connectivity index (χ4v) is 4.82. The van der Waals surface area contributed by atoms with E-state index in [9.17, 15) is 13.2 Å². The molecule has 0 atom stereocenters. The number of carbonyl (C=O) groups is 1. The van der Waals surface area contributed by atoms with Gasteiger partial charge in [-0.2, -0.15) is 0 Å². The van der Waals surface area contributed by atoms with Crippen molar-refractivity contribution < 1.29 is 18.1 Å². The van der Waals surface area contributed by atoms with Gasteiger partial charge in [-0.25, -0.2) is 18.4 Å². The number of aromatic nitrogens is 3. The van der Waals surface area contributed by atoms with Crippen molar-refractivity contribution in [3.63, 3.8) is 0 Å². The van der Waals surface area contributed by atoms with Crippen molar-refractivity contribution in [3.8, 4) is 0 Å². The first-order chi connectivity index (χ1) is 13.4. The lowest BCUT2D eigenvalue weighted by Gasteiger charge is -2.22. The van der Waals surface area contributed by atoms with Crippen LogP contribution in [-0.4, -0.2) is 53.3 Å². The normalized spacial score (nSPS) is 16.9. The zero-order valence-electron chi connectivity index (χ0n) is 15.6. The predicted octanol–water partition coefficient (Wildman–Crippen LogP) is 0.103. The number of anilines is 1. The van der Waals surface area contributed by atoms with Crippen LogP contribution in [0.25, 0.3) is 5.52 Å². The first-order valence-electron chi connectivity index (χ1n) is 9.16. The van der Waals surface area contributed by atoms with E-state index in [1.807, 2.05) is 43.5 Å². The van der Waals surface area contributed by atoms with Crippen molar-refractivity contribution in [2.24, 2.45) is 0 Å². The molecule has 2 N–H and O–H groups in total. The van der Waals surface area contributed by atoms with Crippen LogP contribution in [0.3, 0.4) is 0 Å². The van der Waals surface area contributed by atoms with Gasteiger partial charge in [0.05, 0.1) is 30.1 Å². The summed E-state index contributed by atoms with van der Waals surface area (Å²) < 4.78 is 25.1. The Morgan fingerprint density at radius 1 is 1.21 bits per heavy atom. The molecule has 1 aliphatic rings. The van der Waals surface area contributed by atoms with E-state index in [2.05, 4.69) is 15.3 Å². The molecule has 1 aliphatic heterocycles. The zero-order valence-corrected chi connectivity index (χ0v) is 16.4. The summed E-state index contributed by atoms with van der Waals surface area (Å²) in [5.74, 6) is 0.861. The van der Waals surface area contributed by atoms with Crippen LogP contribution >= 0.6 is 0 Å². The molecule has 146 valence electrons. The topological polar surface area (TPSA) is 97.9 Å². The number of rotatable bonds is 4. The van der Waals surface area contributed by atoms with Gasteiger partial charge < -0.3 is 10.2 Å². The molecular formula is C19H22N5O3S+. The van der Waals surface area contributed by atoms with Gasteiger partial charge >= 0.3 is 0 Å². The molecule has 1 saturated heterocycles. The maximum Gasteiger partial charge on any atom is 0.293 e. The van der Waals surface area contributed by atoms with Gasteiger partial charge in [0, 0.05) is 12.4 Å². The summed E-state index contributed by atoms with van der Waals surface area (Å²) in [4.78, 5) is 22.8. The van der Waals surface area contributed by atoms with E-state index < -0.39 is 9.84 Å². The van der Waals surface area contributed by atoms with Crippen LogP contribution in [0.15, 0.2) is 42.7 Å². The highest BCUT2D eigenvalue weighted by atomic mass is 32.2. The SMILES string of the molecule is Cc1cccnc1NC(=O)c1nc(C[NH+]2CCS(=O)(=O)CC2)c2ccccn12. The maximum absolute atomic E-state index is 12.9. The molecule has 3 aromatic rings. The Hall–Kier alpha value is -2.78. The number of hydrogen-bond acceptors (Lipinski definition) is 5. The number of aryl methyl sites for hydroxylation is 1. The first-order valence-corrected chi connectivity index (χ1v) is 11.0. The van der Waals surface area contributed by atoms with Crippen LogP contribution in [-0.2, 0) is 16.4 Å². The number of nitrogens with zero attached hydrogens (tertiary/aromatic N) is 3. The average Bonchev–Trinajstić information content (AvgIpc) is 3.04. The predicted molar refractivity (Wildman–Crippen MR) is 105 cm³/mol. The minimum atomic E-state index is -2.91. The summed E-state index contributed by atoms with van der Waals surface area (Å²) >= 11 is 0. The minimum absolute atomic E-state index is 0.195. The summed E-state index contributed by atoms with van der Waals surface area (Å²) in [5, 5.41) is 2.83. The first kappa shape index (κ1) is 18.6. The van der Waals surface area contributed by atoms with Crippen molar-refractivity contribution in [1.82, 2.24) is 14.4 Å². The largest absolute Gasteiger partial charge is 0.328 e. The number of quaternary nitrogens is 1. The highest BCUT2D eigenvalue weighted by molar-refractivity contribution is 7.91. The lowest BCUT2D eigenvalue weighted by molar-refractivity contribution is -0.910. The number of fused-ring (bicyclic) bond motifs is 1. The van der Waals surface area contributed by atoms with E-state index >= 15 is 0 Å². The van der Waals surface area contributed by atoms with Gasteiger partial charge in [0.25, 0.3) is 5.91 Å². The smallest absolute Gasteiger partial charge is 0.293 e. The van der Waals surface area contributed by atoms with Crippen LogP contribution in [0, 0.1) is 6.92 Å². The number of amides is 1. The molecule has 28 heavy (non-hydrogen) atoms. The molecule has 1 fully saturated rings. The number of carbonyl (C=O) groups excluding carboxylic acids is 1. The Kier molecular flexibility index (Phi) is 4.86. The molecule has 3 aromatic heterocycles. The Morgan fingerprint density at radius 3 is 2.75 bits per heavy atom. The summed E-state index contributed by atoms with van der Waals surface area (Å²) in [6.07, 6.45) is 3.44. The fourth-order valence-electron chi connectivity index (χ4n) is 3.41. The van der Waals surface area contributed by atoms with Crippen LogP contribution in [0.2, 0.25) is 0 Å². The summed E-state index contributed by atoms with van der Waals surface area (Å²) in [6, 6.07) is 9.37. The van der Waals surface area contributed by atoms with E-state index in [-0.39, 0.29) is 17.4 Å². The highest BCUT2D eigenvalue weighted by Crippen LogP contribution is 2.15. The standard InChI is InChI=1S/C19H21N5O3S/c1-14-5-4-7-20-17(14)22-19(25)18-21-15(16-6-2-3-8-24(16)18)13-23-9-11-28(26,27)12-10-23/h2-8H,9-13H2,1H3,(H,20,22,25)/p+1. The van der Waals surface area contributed by atoms with Gasteiger partial charge in [0.1, 0.15) is 18.1 Å². The van der Waals surface area contributed by atoms with Crippen molar-refractivity contribution in [3.05, 3.63) is 59.8 Å². The lowest BCUT2D eigenvalue weighted by atomic mass is 10.3. The van der Waals surface area contributed by atoms with Gasteiger partial charge in [-0.15, -0.1) is 0 Å². The molecule has 4 heterocycles. The maximum atomic E-state index is 12.9. The van der Waals surface area contributed by atoms with Crippen LogP contribution < -0.4 is 10.2 Å². The molecule has 0 unspecified atom stereocenters. The van der Waals surface area contributed by atoms with Gasteiger partial charge in [0.2, 0.25) is 5.82 Å². The zero-order chi connectivity index (χ0) is 19.7. The van der Waals surface area contributed by atoms with E-state index in [1.165, 1.54) is 0 Å². The minimum Gasteiger partial charge on any atom is -0.328 e. The molecule has 0 aliphatic carbocycles. The number of pyridine rings is 2. The third kappa shape index (κ3) is 3.76. The average molecular weight is 400 g/mol. The van der Waals surface area contributed by atoms with Gasteiger partial charge in [-0.1, -0.05) is 12.1 Å². The van der Waals surface area contributed by atoms with Crippen molar-refractivity contribution >= 4 is 27.1 Å². The monoisotopic (exact) mass is 400 g/mol. The lowest BCUT2D eigenvalue weighted by Crippen LogP contribution is -3.13. The second kappa shape index (κ2) is 7.33. The van der Waals surface area contributed by atoms with Gasteiger partial charge in [-0.05, 0) is 30.7 Å². The molecular weight excluding hydrogens is 378 g/mol. The van der Waals surface area contributed by atoms with Crippen molar-refractivity contribution in [2.45, 2.75) is 13.5 Å². The number of sulfone groups is 1. The van der Waals surface area contributed by atoms with E-state index in [1.54, 1.807) is 10.6 Å². The molecule has 4 rings (SSSR count). The molecule has 0 radical (unpaired) electrons. The molecule has 0 bridgehead atoms. The Bertz CT molecular complexity index is 1130. The molecule has 0 aromatic carbocycles. The summed E-state index contributed by atoms with van der Waals surface area (Å²) in [7, 11) is -2.91. The molecule has 9 heteroatoms. The molecule has 8 nitrogen and oxygen atoms in total. The van der Waals surface area contributed by atoms with Gasteiger partial charge in [-0.3, -0.25) is 9.20 Å². The Labute approximate surface area is 163 Å². The third-order valence-electron chi connectivity index (χ3n) is 5.02. The second-order valence-corrected chi connectivity index (χ2v) is 9.34. The number of hydrogen-bond donors (Lipinski definition) is 2. The van der Waals surface area contributed by atoms with Crippen molar-refractivity contribution in [2.75, 3.05) is 29.9 Å². The Balaban J connectivity index is 1.61. The van der Waals surface area contributed by atoms with Crippen LogP contribution in [0.4, 0.5) is 5.82 Å². The quantitative estimate of drug-likeness (QED) is 0.648. The molecule has 0 saturated carbocycles. The van der Waals surface area contributed by atoms with E-state index in [4.69, 9.17) is 0 Å². The summed E-state index contributed by atoms with van der Waals surface area (Å²) in [6.45, 7) is 3.58.